The Hall–Kier alpha value is -1.35. The minimum Gasteiger partial charge on any atom is -0.544 e. The molecule has 1 nitrogen and oxygen atoms in total. The van der Waals surface area contributed by atoms with Gasteiger partial charge in [-0.1, -0.05) is 39.5 Å². The van der Waals surface area contributed by atoms with E-state index in [9.17, 15) is 4.39 Å². The summed E-state index contributed by atoms with van der Waals surface area (Å²) in [6.45, 7) is 10.4. The van der Waals surface area contributed by atoms with Crippen LogP contribution in [0.1, 0.15) is 26.3 Å². The molecule has 0 bridgehead atoms. The first-order valence-corrected chi connectivity index (χ1v) is 9.40. The van der Waals surface area contributed by atoms with Gasteiger partial charge in [0, 0.05) is 0 Å². The van der Waals surface area contributed by atoms with E-state index in [1.807, 2.05) is 6.08 Å². The van der Waals surface area contributed by atoms with Crippen molar-refractivity contribution in [2.24, 2.45) is 0 Å². The summed E-state index contributed by atoms with van der Waals surface area (Å²) in [4.78, 5) is 0. The molecule has 0 unspecified atom stereocenters. The lowest BCUT2D eigenvalue weighted by Crippen LogP contribution is -2.35. The van der Waals surface area contributed by atoms with Crippen molar-refractivity contribution >= 4 is 14.4 Å². The molecule has 3 heteroatoms. The summed E-state index contributed by atoms with van der Waals surface area (Å²) in [6, 6.07) is 9.68. The number of allylic oxidation sites excluding steroid dienone is 1. The second-order valence-corrected chi connectivity index (χ2v) is 9.34. The van der Waals surface area contributed by atoms with Crippen LogP contribution in [0.3, 0.4) is 0 Å². The van der Waals surface area contributed by atoms with Gasteiger partial charge in [0.2, 0.25) is 8.32 Å². The molecule has 0 atom stereocenters. The van der Waals surface area contributed by atoms with E-state index in [0.717, 1.165) is 29.5 Å². The predicted octanol–water partition coefficient (Wildman–Crippen LogP) is 5.37. The highest BCUT2D eigenvalue weighted by Gasteiger charge is 2.30. The summed E-state index contributed by atoms with van der Waals surface area (Å²) in [5.74, 6) is 0.571. The Labute approximate surface area is 116 Å². The normalized spacial score (nSPS) is 12.3. The van der Waals surface area contributed by atoms with Crippen molar-refractivity contribution in [1.82, 2.24) is 0 Å². The van der Waals surface area contributed by atoms with Gasteiger partial charge >= 0.3 is 0 Å². The molecule has 0 aliphatic rings. The van der Waals surface area contributed by atoms with Crippen LogP contribution in [-0.4, -0.2) is 8.32 Å². The van der Waals surface area contributed by atoms with E-state index in [0.29, 0.717) is 0 Å². The van der Waals surface area contributed by atoms with Crippen molar-refractivity contribution in [1.29, 1.82) is 0 Å². The van der Waals surface area contributed by atoms with E-state index < -0.39 is 8.32 Å². The Morgan fingerprint density at radius 3 is 2.11 bits per heavy atom. The maximum Gasteiger partial charge on any atom is 0.250 e. The molecule has 0 spiro atoms. The minimum atomic E-state index is -1.68. The third kappa shape index (κ3) is 4.35. The van der Waals surface area contributed by atoms with Gasteiger partial charge in [0.25, 0.3) is 0 Å². The monoisotopic (exact) mass is 278 g/mol. The summed E-state index contributed by atoms with van der Waals surface area (Å²) in [7, 11) is -1.68. The fourth-order valence-electron chi connectivity index (χ4n) is 2.07. The predicted molar refractivity (Wildman–Crippen MR) is 82.9 cm³/mol. The topological polar surface area (TPSA) is 9.23 Å². The fourth-order valence-corrected chi connectivity index (χ4v) is 4.65. The average Bonchev–Trinajstić information content (AvgIpc) is 2.46. The van der Waals surface area contributed by atoms with Crippen molar-refractivity contribution in [2.45, 2.75) is 38.9 Å². The molecule has 104 valence electrons. The van der Waals surface area contributed by atoms with Crippen LogP contribution in [0, 0.1) is 5.82 Å². The molecule has 19 heavy (non-hydrogen) atoms. The molecule has 0 radical (unpaired) electrons. The summed E-state index contributed by atoms with van der Waals surface area (Å²) >= 11 is 0. The van der Waals surface area contributed by atoms with Gasteiger partial charge in [-0.25, -0.2) is 4.39 Å². The third-order valence-corrected chi connectivity index (χ3v) is 8.18. The summed E-state index contributed by atoms with van der Waals surface area (Å²) in [5, 5.41) is 0. The Morgan fingerprint density at radius 1 is 1.16 bits per heavy atom. The summed E-state index contributed by atoms with van der Waals surface area (Å²) in [5.41, 5.74) is 0.933. The molecule has 0 aliphatic carbocycles. The Morgan fingerprint density at radius 2 is 1.68 bits per heavy atom. The molecule has 0 saturated carbocycles. The number of halogens is 1. The SMILES string of the molecule is C=C/C(=C/c1ccc(F)cc1)O[Si](CC)(CC)CC. The summed E-state index contributed by atoms with van der Waals surface area (Å²) in [6.07, 6.45) is 3.67. The molecule has 1 aromatic carbocycles. The van der Waals surface area contributed by atoms with Crippen LogP contribution < -0.4 is 0 Å². The van der Waals surface area contributed by atoms with Gasteiger partial charge in [0.1, 0.15) is 11.6 Å². The van der Waals surface area contributed by atoms with Crippen molar-refractivity contribution in [2.75, 3.05) is 0 Å². The molecule has 0 amide bonds. The minimum absolute atomic E-state index is 0.224. The van der Waals surface area contributed by atoms with Gasteiger partial charge in [-0.05, 0) is 48.0 Å². The zero-order valence-electron chi connectivity index (χ0n) is 12.1. The first-order valence-electron chi connectivity index (χ1n) is 6.87. The maximum atomic E-state index is 12.9. The van der Waals surface area contributed by atoms with Crippen molar-refractivity contribution in [3.8, 4) is 0 Å². The molecule has 0 saturated heterocycles. The highest BCUT2D eigenvalue weighted by Crippen LogP contribution is 2.26. The van der Waals surface area contributed by atoms with Crippen LogP contribution in [0.4, 0.5) is 4.39 Å². The molecular formula is C16H23FOSi. The lowest BCUT2D eigenvalue weighted by atomic mass is 10.2. The van der Waals surface area contributed by atoms with Crippen molar-refractivity contribution in [3.05, 3.63) is 54.1 Å². The van der Waals surface area contributed by atoms with Crippen molar-refractivity contribution in [3.63, 3.8) is 0 Å². The van der Waals surface area contributed by atoms with Crippen LogP contribution >= 0.6 is 0 Å². The first-order chi connectivity index (χ1) is 9.09. The van der Waals surface area contributed by atoms with Gasteiger partial charge in [-0.3, -0.25) is 0 Å². The van der Waals surface area contributed by atoms with Crippen LogP contribution in [0.5, 0.6) is 0 Å². The number of hydrogen-bond acceptors (Lipinski definition) is 1. The Bertz CT molecular complexity index is 424. The van der Waals surface area contributed by atoms with Crippen LogP contribution in [0.25, 0.3) is 6.08 Å². The van der Waals surface area contributed by atoms with E-state index in [-0.39, 0.29) is 5.82 Å². The molecule has 1 aromatic rings. The van der Waals surface area contributed by atoms with Gasteiger partial charge in [-0.2, -0.15) is 0 Å². The first kappa shape index (κ1) is 15.7. The smallest absolute Gasteiger partial charge is 0.250 e. The average molecular weight is 278 g/mol. The maximum absolute atomic E-state index is 12.9. The zero-order chi connectivity index (χ0) is 14.3. The highest BCUT2D eigenvalue weighted by molar-refractivity contribution is 6.73. The van der Waals surface area contributed by atoms with E-state index in [4.69, 9.17) is 4.43 Å². The molecular weight excluding hydrogens is 255 g/mol. The molecule has 0 heterocycles. The van der Waals surface area contributed by atoms with Crippen LogP contribution in [0.2, 0.25) is 18.1 Å². The van der Waals surface area contributed by atoms with E-state index in [1.165, 1.54) is 12.1 Å². The summed E-state index contributed by atoms with van der Waals surface area (Å²) < 4.78 is 19.1. The fraction of sp³-hybridized carbons (Fsp3) is 0.375. The second kappa shape index (κ2) is 7.29. The van der Waals surface area contributed by atoms with Gasteiger partial charge in [0.15, 0.2) is 0 Å². The van der Waals surface area contributed by atoms with Crippen molar-refractivity contribution < 1.29 is 8.82 Å². The largest absolute Gasteiger partial charge is 0.544 e. The van der Waals surface area contributed by atoms with Gasteiger partial charge in [0.05, 0.1) is 0 Å². The number of hydrogen-bond donors (Lipinski definition) is 0. The van der Waals surface area contributed by atoms with E-state index in [1.54, 1.807) is 18.2 Å². The molecule has 0 N–H and O–H groups in total. The second-order valence-electron chi connectivity index (χ2n) is 4.65. The Kier molecular flexibility index (Phi) is 6.02. The number of benzene rings is 1. The lowest BCUT2D eigenvalue weighted by molar-refractivity contribution is 0.427. The van der Waals surface area contributed by atoms with Gasteiger partial charge < -0.3 is 4.43 Å². The zero-order valence-corrected chi connectivity index (χ0v) is 13.1. The molecule has 0 aliphatic heterocycles. The van der Waals surface area contributed by atoms with Crippen LogP contribution in [0.15, 0.2) is 42.7 Å². The standard InChI is InChI=1S/C16H23FOSi/c1-5-16(18-19(6-2,7-3)8-4)13-14-9-11-15(17)12-10-14/h5,9-13H,1,6-8H2,2-4H3/b16-13-. The molecule has 0 fully saturated rings. The van der Waals surface area contributed by atoms with Crippen LogP contribution in [-0.2, 0) is 4.43 Å². The Balaban J connectivity index is 2.94. The number of rotatable bonds is 7. The van der Waals surface area contributed by atoms with E-state index in [2.05, 4.69) is 27.4 Å². The third-order valence-electron chi connectivity index (χ3n) is 3.65. The lowest BCUT2D eigenvalue weighted by Gasteiger charge is -2.29. The van der Waals surface area contributed by atoms with Gasteiger partial charge in [-0.15, -0.1) is 0 Å². The molecule has 1 rings (SSSR count). The molecule has 0 aromatic heterocycles. The highest BCUT2D eigenvalue weighted by atomic mass is 28.4. The quantitative estimate of drug-likeness (QED) is 0.370. The van der Waals surface area contributed by atoms with E-state index >= 15 is 0 Å².